The molecule has 0 unspecified atom stereocenters. The van der Waals surface area contributed by atoms with Crippen LogP contribution in [-0.2, 0) is 14.8 Å². The normalized spacial score (nSPS) is 18.9. The summed E-state index contributed by atoms with van der Waals surface area (Å²) in [4.78, 5) is 13.6. The first-order chi connectivity index (χ1) is 14.8. The maximum Gasteiger partial charge on any atom is 0.270 e. The maximum atomic E-state index is 13.6. The van der Waals surface area contributed by atoms with Gasteiger partial charge in [-0.25, -0.2) is 12.7 Å². The number of aryl methyl sites for hydroxylation is 1. The van der Waals surface area contributed by atoms with Crippen LogP contribution in [0.15, 0.2) is 94.8 Å². The van der Waals surface area contributed by atoms with E-state index >= 15 is 0 Å². The molecule has 0 aliphatic carbocycles. The quantitative estimate of drug-likeness (QED) is 0.421. The molecule has 0 fully saturated rings. The summed E-state index contributed by atoms with van der Waals surface area (Å²) in [5.74, 6) is -0.893. The third kappa shape index (κ3) is 3.98. The Hall–Kier alpha value is -2.70. The molecule has 1 aliphatic rings. The summed E-state index contributed by atoms with van der Waals surface area (Å²) in [6.07, 6.45) is 1.86. The highest BCUT2D eigenvalue weighted by Gasteiger charge is 2.40. The molecule has 1 heterocycles. The molecule has 31 heavy (non-hydrogen) atoms. The largest absolute Gasteiger partial charge is 0.273 e. The number of allylic oxidation sites excluding steroid dienone is 1. The minimum atomic E-state index is -4.09. The molecular formula is C25H22BrNO3S. The fourth-order valence-corrected chi connectivity index (χ4v) is 5.92. The van der Waals surface area contributed by atoms with Crippen molar-refractivity contribution in [2.24, 2.45) is 0 Å². The number of amides is 1. The van der Waals surface area contributed by atoms with Gasteiger partial charge in [0.25, 0.3) is 10.0 Å². The number of carbonyl (C=O) groups is 1. The van der Waals surface area contributed by atoms with E-state index in [4.69, 9.17) is 0 Å². The van der Waals surface area contributed by atoms with Crippen LogP contribution in [0.5, 0.6) is 0 Å². The zero-order chi connectivity index (χ0) is 22.2. The first-order valence-electron chi connectivity index (χ1n) is 9.94. The molecule has 2 atom stereocenters. The summed E-state index contributed by atoms with van der Waals surface area (Å²) in [7, 11) is -4.09. The van der Waals surface area contributed by atoms with Gasteiger partial charge in [0.15, 0.2) is 0 Å². The summed E-state index contributed by atoms with van der Waals surface area (Å²) in [6.45, 7) is 5.90. The smallest absolute Gasteiger partial charge is 0.270 e. The number of rotatable bonds is 4. The minimum Gasteiger partial charge on any atom is -0.273 e. The lowest BCUT2D eigenvalue weighted by atomic mass is 9.80. The molecule has 4 rings (SSSR count). The molecule has 6 heteroatoms. The van der Waals surface area contributed by atoms with Crippen molar-refractivity contribution >= 4 is 37.5 Å². The second kappa shape index (κ2) is 8.44. The Labute approximate surface area is 191 Å². The second-order valence-corrected chi connectivity index (χ2v) is 10.4. The zero-order valence-corrected chi connectivity index (χ0v) is 19.4. The van der Waals surface area contributed by atoms with Gasteiger partial charge in [-0.1, -0.05) is 76.1 Å². The van der Waals surface area contributed by atoms with Gasteiger partial charge in [0.1, 0.15) is 0 Å². The van der Waals surface area contributed by atoms with Crippen LogP contribution in [-0.4, -0.2) is 14.3 Å². The van der Waals surface area contributed by atoms with E-state index in [1.54, 1.807) is 36.4 Å². The summed E-state index contributed by atoms with van der Waals surface area (Å²) < 4.78 is 28.9. The molecule has 0 N–H and O–H groups in total. The van der Waals surface area contributed by atoms with Crippen molar-refractivity contribution in [3.63, 3.8) is 0 Å². The molecule has 1 aliphatic heterocycles. The van der Waals surface area contributed by atoms with Crippen LogP contribution in [0.1, 0.15) is 34.9 Å². The van der Waals surface area contributed by atoms with Crippen LogP contribution >= 0.6 is 15.9 Å². The van der Waals surface area contributed by atoms with E-state index in [9.17, 15) is 13.2 Å². The Morgan fingerprint density at radius 1 is 1.03 bits per heavy atom. The molecule has 4 nitrogen and oxygen atoms in total. The predicted molar refractivity (Wildman–Crippen MR) is 127 cm³/mol. The molecule has 0 saturated carbocycles. The van der Waals surface area contributed by atoms with E-state index in [0.29, 0.717) is 10.2 Å². The van der Waals surface area contributed by atoms with Gasteiger partial charge in [0, 0.05) is 22.7 Å². The molecule has 0 saturated heterocycles. The van der Waals surface area contributed by atoms with E-state index < -0.39 is 15.9 Å². The van der Waals surface area contributed by atoms with E-state index in [2.05, 4.69) is 22.5 Å². The Kier molecular flexibility index (Phi) is 5.86. The van der Waals surface area contributed by atoms with Crippen LogP contribution in [0.4, 0.5) is 5.69 Å². The molecule has 0 spiro atoms. The van der Waals surface area contributed by atoms with Crippen LogP contribution in [0, 0.1) is 6.92 Å². The van der Waals surface area contributed by atoms with Crippen molar-refractivity contribution in [1.29, 1.82) is 0 Å². The number of nitrogens with zero attached hydrogens (tertiary/aromatic N) is 1. The van der Waals surface area contributed by atoms with Crippen molar-refractivity contribution in [3.8, 4) is 0 Å². The van der Waals surface area contributed by atoms with Gasteiger partial charge in [-0.05, 0) is 42.3 Å². The van der Waals surface area contributed by atoms with Crippen molar-refractivity contribution in [2.45, 2.75) is 30.1 Å². The highest BCUT2D eigenvalue weighted by Crippen LogP contribution is 2.46. The topological polar surface area (TPSA) is 54.5 Å². The number of halogens is 1. The lowest BCUT2D eigenvalue weighted by Crippen LogP contribution is -2.37. The molecule has 0 radical (unpaired) electrons. The van der Waals surface area contributed by atoms with Crippen molar-refractivity contribution in [1.82, 2.24) is 0 Å². The summed E-state index contributed by atoms with van der Waals surface area (Å²) >= 11 is 3.44. The second-order valence-electron chi connectivity index (χ2n) is 7.66. The maximum absolute atomic E-state index is 13.6. The molecule has 1 amide bonds. The van der Waals surface area contributed by atoms with E-state index in [1.165, 1.54) is 0 Å². The molecule has 3 aromatic carbocycles. The number of anilines is 1. The monoisotopic (exact) mass is 495 g/mol. The third-order valence-electron chi connectivity index (χ3n) is 5.67. The van der Waals surface area contributed by atoms with Gasteiger partial charge in [-0.2, -0.15) is 0 Å². The molecule has 0 bridgehead atoms. The van der Waals surface area contributed by atoms with Crippen molar-refractivity contribution < 1.29 is 13.2 Å². The van der Waals surface area contributed by atoms with Gasteiger partial charge in [-0.3, -0.25) is 4.79 Å². The Morgan fingerprint density at radius 3 is 2.35 bits per heavy atom. The Balaban J connectivity index is 1.94. The summed E-state index contributed by atoms with van der Waals surface area (Å²) in [5.41, 5.74) is 3.04. The van der Waals surface area contributed by atoms with Crippen molar-refractivity contribution in [2.75, 3.05) is 4.31 Å². The van der Waals surface area contributed by atoms with Crippen molar-refractivity contribution in [3.05, 3.63) is 107 Å². The average molecular weight is 496 g/mol. The van der Waals surface area contributed by atoms with Crippen LogP contribution < -0.4 is 4.31 Å². The predicted octanol–water partition coefficient (Wildman–Crippen LogP) is 5.94. The number of hydrogen-bond acceptors (Lipinski definition) is 3. The highest BCUT2D eigenvalue weighted by molar-refractivity contribution is 9.10. The lowest BCUT2D eigenvalue weighted by Gasteiger charge is -2.24. The first-order valence-corrected chi connectivity index (χ1v) is 12.2. The fraction of sp³-hybridized carbons (Fsp3) is 0.160. The standard InChI is InChI=1S/C25H22BrNO3S/c1-3-21-22-14-11-19(26)15-24(22)27(31(29,30)20-12-9-17(2)10-13-20)25(28)16-23(21)18-7-5-4-6-8-18/h3-15,21,23H,1,16H2,2H3/t21-,23+/m0/s1. The number of sulfonamides is 1. The number of benzene rings is 3. The number of hydrogen-bond donors (Lipinski definition) is 0. The molecule has 3 aromatic rings. The van der Waals surface area contributed by atoms with Crippen LogP contribution in [0.2, 0.25) is 0 Å². The van der Waals surface area contributed by atoms with Gasteiger partial charge < -0.3 is 0 Å². The van der Waals surface area contributed by atoms with Gasteiger partial charge in [-0.15, -0.1) is 6.58 Å². The number of fused-ring (bicyclic) bond motifs is 1. The molecule has 0 aromatic heterocycles. The first kappa shape index (κ1) is 21.5. The van der Waals surface area contributed by atoms with E-state index in [1.807, 2.05) is 49.4 Å². The van der Waals surface area contributed by atoms with Gasteiger partial charge in [0.05, 0.1) is 10.6 Å². The molecular weight excluding hydrogens is 474 g/mol. The zero-order valence-electron chi connectivity index (χ0n) is 17.0. The van der Waals surface area contributed by atoms with Gasteiger partial charge in [0.2, 0.25) is 5.91 Å². The number of carbonyl (C=O) groups excluding carboxylic acids is 1. The van der Waals surface area contributed by atoms with E-state index in [-0.39, 0.29) is 23.2 Å². The molecule has 158 valence electrons. The Morgan fingerprint density at radius 2 is 1.71 bits per heavy atom. The van der Waals surface area contributed by atoms with Gasteiger partial charge >= 0.3 is 0 Å². The Bertz CT molecular complexity index is 1240. The van der Waals surface area contributed by atoms with Crippen LogP contribution in [0.3, 0.4) is 0 Å². The summed E-state index contributed by atoms with van der Waals surface area (Å²) in [5, 5.41) is 0. The lowest BCUT2D eigenvalue weighted by molar-refractivity contribution is -0.117. The summed E-state index contributed by atoms with van der Waals surface area (Å²) in [6, 6.07) is 21.7. The fourth-order valence-electron chi connectivity index (χ4n) is 4.12. The van der Waals surface area contributed by atoms with E-state index in [0.717, 1.165) is 21.0 Å². The SMILES string of the molecule is C=C[C@H]1c2ccc(Br)cc2N(S(=O)(=O)c2ccc(C)cc2)C(=O)C[C@@H]1c1ccccc1. The minimum absolute atomic E-state index is 0.0537. The third-order valence-corrected chi connectivity index (χ3v) is 7.91. The van der Waals surface area contributed by atoms with Crippen LogP contribution in [0.25, 0.3) is 0 Å². The average Bonchev–Trinajstić information content (AvgIpc) is 2.88. The highest BCUT2D eigenvalue weighted by atomic mass is 79.9.